The van der Waals surface area contributed by atoms with Gasteiger partial charge in [-0.1, -0.05) is 13.8 Å². The van der Waals surface area contributed by atoms with Crippen LogP contribution in [0.4, 0.5) is 5.82 Å². The maximum atomic E-state index is 5.62. The predicted molar refractivity (Wildman–Crippen MR) is 70.0 cm³/mol. The summed E-state index contributed by atoms with van der Waals surface area (Å²) in [6.45, 7) is 6.10. The van der Waals surface area contributed by atoms with E-state index in [9.17, 15) is 0 Å². The molecule has 94 valence electrons. The standard InChI is InChI=1S/C13H22N4/c1-13(2,6-7-14)8-15-12-10-4-3-5-11(10)16-9-17-12/h9H,3-8,14H2,1-2H3,(H,15,16,17). The second-order valence-electron chi connectivity index (χ2n) is 5.56. The Balaban J connectivity index is 2.02. The van der Waals surface area contributed by atoms with Crippen LogP contribution in [0.5, 0.6) is 0 Å². The van der Waals surface area contributed by atoms with E-state index in [1.807, 2.05) is 0 Å². The normalized spacial score (nSPS) is 14.8. The Hall–Kier alpha value is -1.16. The fourth-order valence-corrected chi connectivity index (χ4v) is 2.31. The number of hydrogen-bond acceptors (Lipinski definition) is 4. The van der Waals surface area contributed by atoms with E-state index in [0.717, 1.165) is 38.2 Å². The summed E-state index contributed by atoms with van der Waals surface area (Å²) in [5.74, 6) is 1.03. The van der Waals surface area contributed by atoms with E-state index in [2.05, 4.69) is 29.1 Å². The number of nitrogens with one attached hydrogen (secondary N) is 1. The van der Waals surface area contributed by atoms with Crippen molar-refractivity contribution in [1.29, 1.82) is 0 Å². The lowest BCUT2D eigenvalue weighted by molar-refractivity contribution is 0.365. The Labute approximate surface area is 103 Å². The van der Waals surface area contributed by atoms with Crippen molar-refractivity contribution < 1.29 is 0 Å². The number of anilines is 1. The maximum Gasteiger partial charge on any atom is 0.132 e. The topological polar surface area (TPSA) is 63.8 Å². The van der Waals surface area contributed by atoms with E-state index in [4.69, 9.17) is 5.73 Å². The van der Waals surface area contributed by atoms with Crippen molar-refractivity contribution in [2.24, 2.45) is 11.1 Å². The summed E-state index contributed by atoms with van der Waals surface area (Å²) < 4.78 is 0. The molecule has 2 rings (SSSR count). The molecule has 0 saturated heterocycles. The van der Waals surface area contributed by atoms with E-state index in [1.54, 1.807) is 6.33 Å². The van der Waals surface area contributed by atoms with E-state index in [0.29, 0.717) is 0 Å². The summed E-state index contributed by atoms with van der Waals surface area (Å²) in [6, 6.07) is 0. The van der Waals surface area contributed by atoms with Gasteiger partial charge >= 0.3 is 0 Å². The third-order valence-electron chi connectivity index (χ3n) is 3.43. The smallest absolute Gasteiger partial charge is 0.132 e. The SMILES string of the molecule is CC(C)(CCN)CNc1ncnc2c1CCC2. The average molecular weight is 234 g/mol. The van der Waals surface area contributed by atoms with Crippen molar-refractivity contribution >= 4 is 5.82 Å². The monoisotopic (exact) mass is 234 g/mol. The maximum absolute atomic E-state index is 5.62. The minimum absolute atomic E-state index is 0.213. The summed E-state index contributed by atoms with van der Waals surface area (Å²) in [6.07, 6.45) is 6.10. The lowest BCUT2D eigenvalue weighted by Crippen LogP contribution is -2.26. The molecule has 0 atom stereocenters. The van der Waals surface area contributed by atoms with Crippen LogP contribution >= 0.6 is 0 Å². The van der Waals surface area contributed by atoms with Gasteiger partial charge in [-0.3, -0.25) is 0 Å². The van der Waals surface area contributed by atoms with Crippen LogP contribution in [0.25, 0.3) is 0 Å². The van der Waals surface area contributed by atoms with Gasteiger partial charge in [-0.2, -0.15) is 0 Å². The average Bonchev–Trinajstić information content (AvgIpc) is 2.74. The van der Waals surface area contributed by atoms with Crippen LogP contribution < -0.4 is 11.1 Å². The third kappa shape index (κ3) is 2.94. The Morgan fingerprint density at radius 1 is 1.35 bits per heavy atom. The highest BCUT2D eigenvalue weighted by atomic mass is 15.0. The molecule has 0 saturated carbocycles. The fraction of sp³-hybridized carbons (Fsp3) is 0.692. The Morgan fingerprint density at radius 3 is 2.94 bits per heavy atom. The largest absolute Gasteiger partial charge is 0.369 e. The van der Waals surface area contributed by atoms with Crippen LogP contribution in [0.15, 0.2) is 6.33 Å². The molecule has 0 spiro atoms. The van der Waals surface area contributed by atoms with Gasteiger partial charge in [-0.15, -0.1) is 0 Å². The summed E-state index contributed by atoms with van der Waals surface area (Å²) in [5, 5.41) is 3.46. The van der Waals surface area contributed by atoms with Crippen molar-refractivity contribution in [3.63, 3.8) is 0 Å². The Morgan fingerprint density at radius 2 is 2.18 bits per heavy atom. The minimum Gasteiger partial charge on any atom is -0.369 e. The number of rotatable bonds is 5. The van der Waals surface area contributed by atoms with Crippen molar-refractivity contribution in [2.45, 2.75) is 39.5 Å². The lowest BCUT2D eigenvalue weighted by atomic mass is 9.89. The zero-order chi connectivity index (χ0) is 12.3. The molecule has 0 aromatic carbocycles. The Bertz CT molecular complexity index is 387. The number of fused-ring (bicyclic) bond motifs is 1. The van der Waals surface area contributed by atoms with E-state index in [-0.39, 0.29) is 5.41 Å². The highest BCUT2D eigenvalue weighted by molar-refractivity contribution is 5.48. The highest BCUT2D eigenvalue weighted by Crippen LogP contribution is 2.26. The van der Waals surface area contributed by atoms with Gasteiger partial charge in [0.1, 0.15) is 12.1 Å². The summed E-state index contributed by atoms with van der Waals surface area (Å²) in [7, 11) is 0. The van der Waals surface area contributed by atoms with Crippen molar-refractivity contribution in [2.75, 3.05) is 18.4 Å². The zero-order valence-electron chi connectivity index (χ0n) is 10.8. The second-order valence-corrected chi connectivity index (χ2v) is 5.56. The van der Waals surface area contributed by atoms with Gasteiger partial charge in [0, 0.05) is 17.8 Å². The first-order chi connectivity index (χ1) is 8.12. The van der Waals surface area contributed by atoms with Crippen LogP contribution in [0.3, 0.4) is 0 Å². The molecule has 1 aliphatic carbocycles. The van der Waals surface area contributed by atoms with Crippen LogP contribution in [-0.4, -0.2) is 23.1 Å². The van der Waals surface area contributed by atoms with Crippen LogP contribution in [-0.2, 0) is 12.8 Å². The van der Waals surface area contributed by atoms with Gasteiger partial charge < -0.3 is 11.1 Å². The quantitative estimate of drug-likeness (QED) is 0.814. The molecule has 0 aliphatic heterocycles. The molecule has 1 aromatic rings. The van der Waals surface area contributed by atoms with Gasteiger partial charge in [-0.05, 0) is 37.6 Å². The number of hydrogen-bond donors (Lipinski definition) is 2. The summed E-state index contributed by atoms with van der Waals surface area (Å²) in [5.41, 5.74) is 8.37. The number of aryl methyl sites for hydroxylation is 1. The number of nitrogens with two attached hydrogens (primary N) is 1. The van der Waals surface area contributed by atoms with Crippen LogP contribution in [0.2, 0.25) is 0 Å². The molecule has 0 radical (unpaired) electrons. The minimum atomic E-state index is 0.213. The van der Waals surface area contributed by atoms with Crippen LogP contribution in [0.1, 0.15) is 37.9 Å². The highest BCUT2D eigenvalue weighted by Gasteiger charge is 2.20. The number of nitrogens with zero attached hydrogens (tertiary/aromatic N) is 2. The van der Waals surface area contributed by atoms with Crippen molar-refractivity contribution in [3.8, 4) is 0 Å². The molecule has 0 fully saturated rings. The Kier molecular flexibility index (Phi) is 3.62. The molecule has 0 bridgehead atoms. The van der Waals surface area contributed by atoms with E-state index < -0.39 is 0 Å². The summed E-state index contributed by atoms with van der Waals surface area (Å²) in [4.78, 5) is 8.69. The van der Waals surface area contributed by atoms with Crippen LogP contribution in [0, 0.1) is 5.41 Å². The first-order valence-corrected chi connectivity index (χ1v) is 6.39. The third-order valence-corrected chi connectivity index (χ3v) is 3.43. The molecular formula is C13H22N4. The van der Waals surface area contributed by atoms with E-state index in [1.165, 1.54) is 17.7 Å². The van der Waals surface area contributed by atoms with Gasteiger partial charge in [0.05, 0.1) is 0 Å². The first-order valence-electron chi connectivity index (χ1n) is 6.39. The number of aromatic nitrogens is 2. The lowest BCUT2D eigenvalue weighted by Gasteiger charge is -2.25. The van der Waals surface area contributed by atoms with Crippen molar-refractivity contribution in [3.05, 3.63) is 17.6 Å². The predicted octanol–water partition coefficient (Wildman–Crippen LogP) is 1.75. The molecule has 1 aromatic heterocycles. The molecule has 0 amide bonds. The molecule has 1 heterocycles. The van der Waals surface area contributed by atoms with Gasteiger partial charge in [0.2, 0.25) is 0 Å². The van der Waals surface area contributed by atoms with Crippen molar-refractivity contribution in [1.82, 2.24) is 9.97 Å². The second kappa shape index (κ2) is 5.00. The molecule has 17 heavy (non-hydrogen) atoms. The van der Waals surface area contributed by atoms with E-state index >= 15 is 0 Å². The molecule has 0 unspecified atom stereocenters. The molecule has 4 nitrogen and oxygen atoms in total. The fourth-order valence-electron chi connectivity index (χ4n) is 2.31. The molecule has 4 heteroatoms. The first kappa shape index (κ1) is 12.3. The molecule has 3 N–H and O–H groups in total. The molecule has 1 aliphatic rings. The molecular weight excluding hydrogens is 212 g/mol. The summed E-state index contributed by atoms with van der Waals surface area (Å²) >= 11 is 0. The van der Waals surface area contributed by atoms with Gasteiger partial charge in [-0.25, -0.2) is 9.97 Å². The van der Waals surface area contributed by atoms with Gasteiger partial charge in [0.15, 0.2) is 0 Å². The zero-order valence-corrected chi connectivity index (χ0v) is 10.8. The van der Waals surface area contributed by atoms with Gasteiger partial charge in [0.25, 0.3) is 0 Å².